The first-order valence-electron chi connectivity index (χ1n) is 10.4. The largest absolute Gasteiger partial charge is 0.379 e. The molecule has 0 saturated carbocycles. The molecule has 0 saturated heterocycles. The molecule has 3 rings (SSSR count). The molecular weight excluding hydrogens is 460 g/mol. The minimum Gasteiger partial charge on any atom is -0.379 e. The third-order valence-electron chi connectivity index (χ3n) is 5.41. The zero-order chi connectivity index (χ0) is 25.0. The molecule has 0 atom stereocenters. The van der Waals surface area contributed by atoms with Crippen molar-refractivity contribution in [2.24, 2.45) is 5.14 Å². The molecule has 0 unspecified atom stereocenters. The van der Waals surface area contributed by atoms with Crippen LogP contribution in [-0.4, -0.2) is 47.5 Å². The fourth-order valence-corrected chi connectivity index (χ4v) is 4.07. The molecule has 180 valence electrons. The van der Waals surface area contributed by atoms with Crippen LogP contribution in [0.25, 0.3) is 5.69 Å². The van der Waals surface area contributed by atoms with Gasteiger partial charge in [0.15, 0.2) is 0 Å². The Morgan fingerprint density at radius 2 is 1.88 bits per heavy atom. The zero-order valence-electron chi connectivity index (χ0n) is 19.1. The molecule has 0 spiro atoms. The molecule has 1 heterocycles. The molecule has 2 aromatic carbocycles. The van der Waals surface area contributed by atoms with Gasteiger partial charge in [-0.05, 0) is 38.1 Å². The molecule has 1 aromatic heterocycles. The summed E-state index contributed by atoms with van der Waals surface area (Å²) in [4.78, 5) is 24.5. The Bertz CT molecular complexity index is 1320. The van der Waals surface area contributed by atoms with Gasteiger partial charge in [0.05, 0.1) is 21.2 Å². The standard InChI is InChI=1S/C22H26N6O5S/c1-15-19(16(2)27(25-15)17-7-5-4-6-8-17)14-26(3)22(29)11-12-24-20-10-9-18(34(23,32)33)13-21(20)28(30)31/h4-10,13,24H,11-12,14H2,1-3H3,(H2,23,32,33). The molecule has 3 aromatic rings. The number of primary sulfonamides is 1. The summed E-state index contributed by atoms with van der Waals surface area (Å²) >= 11 is 0. The zero-order valence-corrected chi connectivity index (χ0v) is 19.9. The Morgan fingerprint density at radius 1 is 1.21 bits per heavy atom. The van der Waals surface area contributed by atoms with Gasteiger partial charge in [-0.3, -0.25) is 14.9 Å². The van der Waals surface area contributed by atoms with Gasteiger partial charge < -0.3 is 10.2 Å². The minimum atomic E-state index is -4.07. The van der Waals surface area contributed by atoms with E-state index in [0.717, 1.165) is 28.7 Å². The number of carbonyl (C=O) groups excluding carboxylic acids is 1. The van der Waals surface area contributed by atoms with E-state index in [1.165, 1.54) is 12.1 Å². The molecule has 34 heavy (non-hydrogen) atoms. The van der Waals surface area contributed by atoms with Gasteiger partial charge in [-0.1, -0.05) is 18.2 Å². The fraction of sp³-hybridized carbons (Fsp3) is 0.273. The van der Waals surface area contributed by atoms with Crippen LogP contribution < -0.4 is 10.5 Å². The number of nitrogens with zero attached hydrogens (tertiary/aromatic N) is 4. The molecule has 0 bridgehead atoms. The van der Waals surface area contributed by atoms with Gasteiger partial charge >= 0.3 is 0 Å². The number of carbonyl (C=O) groups is 1. The maximum absolute atomic E-state index is 12.7. The third kappa shape index (κ3) is 5.58. The highest BCUT2D eigenvalue weighted by molar-refractivity contribution is 7.89. The first-order chi connectivity index (χ1) is 16.0. The molecule has 0 aliphatic heterocycles. The Balaban J connectivity index is 1.65. The number of aryl methyl sites for hydroxylation is 1. The number of benzene rings is 2. The van der Waals surface area contributed by atoms with Crippen molar-refractivity contribution in [2.75, 3.05) is 18.9 Å². The highest BCUT2D eigenvalue weighted by atomic mass is 32.2. The number of anilines is 1. The lowest BCUT2D eigenvalue weighted by Crippen LogP contribution is -2.28. The van der Waals surface area contributed by atoms with E-state index in [0.29, 0.717) is 6.54 Å². The van der Waals surface area contributed by atoms with E-state index in [1.807, 2.05) is 48.9 Å². The second kappa shape index (κ2) is 10.0. The monoisotopic (exact) mass is 486 g/mol. The Morgan fingerprint density at radius 3 is 2.50 bits per heavy atom. The van der Waals surface area contributed by atoms with E-state index in [2.05, 4.69) is 10.4 Å². The predicted molar refractivity (Wildman–Crippen MR) is 127 cm³/mol. The van der Waals surface area contributed by atoms with Gasteiger partial charge in [0.25, 0.3) is 5.69 Å². The molecule has 11 nitrogen and oxygen atoms in total. The Hall–Kier alpha value is -3.77. The fourth-order valence-electron chi connectivity index (χ4n) is 3.53. The van der Waals surface area contributed by atoms with Crippen molar-refractivity contribution in [2.45, 2.75) is 31.7 Å². The second-order valence-electron chi connectivity index (χ2n) is 7.80. The SMILES string of the molecule is Cc1nn(-c2ccccc2)c(C)c1CN(C)C(=O)CCNc1ccc(S(N)(=O)=O)cc1[N+](=O)[O-]. The van der Waals surface area contributed by atoms with Crippen molar-refractivity contribution < 1.29 is 18.1 Å². The van der Waals surface area contributed by atoms with E-state index in [-0.39, 0.29) is 29.5 Å². The number of nitrogens with two attached hydrogens (primary N) is 1. The summed E-state index contributed by atoms with van der Waals surface area (Å²) in [5.41, 5.74) is 3.30. The number of rotatable bonds is 9. The van der Waals surface area contributed by atoms with Crippen LogP contribution in [0.2, 0.25) is 0 Å². The summed E-state index contributed by atoms with van der Waals surface area (Å²) < 4.78 is 24.8. The average molecular weight is 487 g/mol. The summed E-state index contributed by atoms with van der Waals surface area (Å²) in [6, 6.07) is 13.0. The molecule has 0 radical (unpaired) electrons. The van der Waals surface area contributed by atoms with E-state index in [1.54, 1.807) is 11.9 Å². The number of hydrogen-bond donors (Lipinski definition) is 2. The maximum Gasteiger partial charge on any atom is 0.293 e. The van der Waals surface area contributed by atoms with E-state index >= 15 is 0 Å². The smallest absolute Gasteiger partial charge is 0.293 e. The first-order valence-corrected chi connectivity index (χ1v) is 11.9. The van der Waals surface area contributed by atoms with Gasteiger partial charge in [0, 0.05) is 43.9 Å². The maximum atomic E-state index is 12.7. The number of nitro benzene ring substituents is 1. The van der Waals surface area contributed by atoms with Crippen LogP contribution in [0, 0.1) is 24.0 Å². The highest BCUT2D eigenvalue weighted by Gasteiger charge is 2.20. The Labute approximate surface area is 197 Å². The summed E-state index contributed by atoms with van der Waals surface area (Å²) in [5, 5.41) is 23.8. The molecule has 0 aliphatic rings. The predicted octanol–water partition coefficient (Wildman–Crippen LogP) is 2.51. The molecule has 0 aliphatic carbocycles. The highest BCUT2D eigenvalue weighted by Crippen LogP contribution is 2.27. The van der Waals surface area contributed by atoms with E-state index in [4.69, 9.17) is 5.14 Å². The van der Waals surface area contributed by atoms with Crippen LogP contribution in [0.3, 0.4) is 0 Å². The van der Waals surface area contributed by atoms with Gasteiger partial charge in [0.2, 0.25) is 15.9 Å². The molecular formula is C22H26N6O5S. The van der Waals surface area contributed by atoms with Gasteiger partial charge in [0.1, 0.15) is 5.69 Å². The van der Waals surface area contributed by atoms with Crippen LogP contribution in [0.15, 0.2) is 53.4 Å². The van der Waals surface area contributed by atoms with Crippen molar-refractivity contribution >= 4 is 27.3 Å². The lowest BCUT2D eigenvalue weighted by molar-refractivity contribution is -0.384. The van der Waals surface area contributed by atoms with Crippen molar-refractivity contribution in [3.05, 3.63) is 75.6 Å². The summed E-state index contributed by atoms with van der Waals surface area (Å²) in [5.74, 6) is -0.164. The topological polar surface area (TPSA) is 153 Å². The molecule has 0 fully saturated rings. The average Bonchev–Trinajstić information content (AvgIpc) is 3.07. The van der Waals surface area contributed by atoms with Crippen LogP contribution in [0.5, 0.6) is 0 Å². The van der Waals surface area contributed by atoms with Gasteiger partial charge in [-0.25, -0.2) is 18.2 Å². The minimum absolute atomic E-state index is 0.0789. The van der Waals surface area contributed by atoms with Crippen molar-refractivity contribution in [1.29, 1.82) is 0 Å². The van der Waals surface area contributed by atoms with Crippen LogP contribution >= 0.6 is 0 Å². The normalized spacial score (nSPS) is 11.3. The van der Waals surface area contributed by atoms with Crippen LogP contribution in [-0.2, 0) is 21.4 Å². The van der Waals surface area contributed by atoms with Crippen LogP contribution in [0.4, 0.5) is 11.4 Å². The van der Waals surface area contributed by atoms with Crippen molar-refractivity contribution in [3.8, 4) is 5.69 Å². The molecule has 3 N–H and O–H groups in total. The van der Waals surface area contributed by atoms with E-state index in [9.17, 15) is 23.3 Å². The van der Waals surface area contributed by atoms with Gasteiger partial charge in [-0.2, -0.15) is 5.10 Å². The van der Waals surface area contributed by atoms with Gasteiger partial charge in [-0.15, -0.1) is 0 Å². The lowest BCUT2D eigenvalue weighted by atomic mass is 10.1. The summed E-state index contributed by atoms with van der Waals surface area (Å²) in [6.45, 7) is 4.34. The Kier molecular flexibility index (Phi) is 7.32. The summed E-state index contributed by atoms with van der Waals surface area (Å²) in [6.07, 6.45) is 0.0789. The van der Waals surface area contributed by atoms with Crippen molar-refractivity contribution in [3.63, 3.8) is 0 Å². The number of sulfonamides is 1. The van der Waals surface area contributed by atoms with Crippen molar-refractivity contribution in [1.82, 2.24) is 14.7 Å². The number of aromatic nitrogens is 2. The van der Waals surface area contributed by atoms with Crippen LogP contribution in [0.1, 0.15) is 23.4 Å². The summed E-state index contributed by atoms with van der Waals surface area (Å²) in [7, 11) is -2.39. The second-order valence-corrected chi connectivity index (χ2v) is 9.37. The van der Waals surface area contributed by atoms with E-state index < -0.39 is 20.6 Å². The number of amides is 1. The quantitative estimate of drug-likeness (QED) is 0.348. The number of hydrogen-bond acceptors (Lipinski definition) is 7. The third-order valence-corrected chi connectivity index (χ3v) is 6.32. The number of para-hydroxylation sites is 1. The number of nitro groups is 1. The number of nitrogens with one attached hydrogen (secondary N) is 1. The molecule has 1 amide bonds. The molecule has 12 heteroatoms. The lowest BCUT2D eigenvalue weighted by Gasteiger charge is -2.18. The first kappa shape index (κ1) is 24.9.